The molecule has 3 aromatic heterocycles. The van der Waals surface area contributed by atoms with E-state index < -0.39 is 0 Å². The summed E-state index contributed by atoms with van der Waals surface area (Å²) in [7, 11) is 0. The first-order valence-corrected chi connectivity index (χ1v) is 10.8. The molecule has 8 heteroatoms. The zero-order valence-electron chi connectivity index (χ0n) is 15.6. The molecule has 5 rings (SSSR count). The molecule has 0 atom stereocenters. The number of para-hydroxylation sites is 2. The number of rotatable bonds is 5. The normalized spacial score (nSPS) is 11.5. The van der Waals surface area contributed by atoms with Gasteiger partial charge in [-0.05, 0) is 48.2 Å². The number of nitrogens with one attached hydrogen (secondary N) is 1. The summed E-state index contributed by atoms with van der Waals surface area (Å²) in [6.07, 6.45) is 3.23. The molecule has 0 saturated carbocycles. The third kappa shape index (κ3) is 3.70. The lowest BCUT2D eigenvalue weighted by Gasteiger charge is -2.06. The minimum absolute atomic E-state index is 0.178. The van der Waals surface area contributed by atoms with E-state index in [1.54, 1.807) is 23.6 Å². The quantitative estimate of drug-likeness (QED) is 0.244. The van der Waals surface area contributed by atoms with Crippen molar-refractivity contribution in [3.63, 3.8) is 0 Å². The average Bonchev–Trinajstić information content (AvgIpc) is 3.19. The molecule has 0 amide bonds. The minimum atomic E-state index is -0.178. The van der Waals surface area contributed by atoms with Crippen LogP contribution in [-0.4, -0.2) is 20.6 Å². The second-order valence-corrected chi connectivity index (χ2v) is 8.62. The third-order valence-electron chi connectivity index (χ3n) is 4.35. The highest BCUT2D eigenvalue weighted by Gasteiger charge is 2.15. The summed E-state index contributed by atoms with van der Waals surface area (Å²) in [6.45, 7) is 0. The maximum absolute atomic E-state index is 13.1. The van der Waals surface area contributed by atoms with Gasteiger partial charge >= 0.3 is 0 Å². The largest absolute Gasteiger partial charge is 0.279 e. The Hall–Kier alpha value is -3.49. The Kier molecular flexibility index (Phi) is 5.00. The Morgan fingerprint density at radius 3 is 2.63 bits per heavy atom. The van der Waals surface area contributed by atoms with Gasteiger partial charge in [-0.1, -0.05) is 36.4 Å². The number of fused-ring (bicyclic) bond motifs is 2. The summed E-state index contributed by atoms with van der Waals surface area (Å²) >= 11 is 2.95. The van der Waals surface area contributed by atoms with Crippen molar-refractivity contribution < 1.29 is 0 Å². The van der Waals surface area contributed by atoms with Gasteiger partial charge in [0.2, 0.25) is 0 Å². The van der Waals surface area contributed by atoms with E-state index in [9.17, 15) is 4.79 Å². The number of anilines is 1. The summed E-state index contributed by atoms with van der Waals surface area (Å²) in [5.41, 5.74) is 5.54. The summed E-state index contributed by atoms with van der Waals surface area (Å²) in [5, 5.41) is 4.84. The molecule has 0 aliphatic heterocycles. The van der Waals surface area contributed by atoms with Crippen molar-refractivity contribution in [1.82, 2.24) is 14.4 Å². The van der Waals surface area contributed by atoms with Crippen molar-refractivity contribution in [3.05, 3.63) is 94.9 Å². The fourth-order valence-electron chi connectivity index (χ4n) is 2.93. The summed E-state index contributed by atoms with van der Waals surface area (Å²) in [5.74, 6) is 0. The Balaban J connectivity index is 1.56. The van der Waals surface area contributed by atoms with Crippen molar-refractivity contribution in [2.24, 2.45) is 5.10 Å². The third-order valence-corrected chi connectivity index (χ3v) is 6.45. The van der Waals surface area contributed by atoms with Crippen LogP contribution in [0.2, 0.25) is 0 Å². The van der Waals surface area contributed by atoms with Gasteiger partial charge in [-0.15, -0.1) is 11.3 Å². The van der Waals surface area contributed by atoms with E-state index >= 15 is 0 Å². The molecule has 2 aromatic carbocycles. The van der Waals surface area contributed by atoms with Gasteiger partial charge in [0.05, 0.1) is 27.7 Å². The van der Waals surface area contributed by atoms with E-state index in [0.29, 0.717) is 16.2 Å². The van der Waals surface area contributed by atoms with E-state index in [1.165, 1.54) is 22.4 Å². The molecular weight excluding hydrogens is 414 g/mol. The van der Waals surface area contributed by atoms with Gasteiger partial charge in [-0.3, -0.25) is 14.6 Å². The SMILES string of the molecule is O=c1c(C=NNc2ccccc2)c(Sc2nc3ccccc3s2)nc2ccccn12. The van der Waals surface area contributed by atoms with Crippen molar-refractivity contribution in [3.8, 4) is 0 Å². The molecule has 0 saturated heterocycles. The van der Waals surface area contributed by atoms with Crippen LogP contribution in [-0.2, 0) is 0 Å². The molecule has 5 aromatic rings. The number of pyridine rings is 1. The molecule has 0 unspecified atom stereocenters. The predicted molar refractivity (Wildman–Crippen MR) is 123 cm³/mol. The lowest BCUT2D eigenvalue weighted by atomic mass is 10.3. The number of benzene rings is 2. The van der Waals surface area contributed by atoms with Gasteiger partial charge in [0.25, 0.3) is 5.56 Å². The van der Waals surface area contributed by atoms with Gasteiger partial charge in [0, 0.05) is 6.20 Å². The van der Waals surface area contributed by atoms with Crippen LogP contribution in [0.25, 0.3) is 15.9 Å². The molecule has 0 aliphatic carbocycles. The van der Waals surface area contributed by atoms with E-state index in [0.717, 1.165) is 20.2 Å². The number of hydrogen-bond acceptors (Lipinski definition) is 7. The molecular formula is C22H15N5OS2. The molecule has 0 radical (unpaired) electrons. The molecule has 0 fully saturated rings. The first-order chi connectivity index (χ1) is 14.8. The Morgan fingerprint density at radius 2 is 1.77 bits per heavy atom. The summed E-state index contributed by atoms with van der Waals surface area (Å²) in [6, 6.07) is 23.0. The van der Waals surface area contributed by atoms with E-state index in [4.69, 9.17) is 4.98 Å². The highest BCUT2D eigenvalue weighted by Crippen LogP contribution is 2.34. The second kappa shape index (κ2) is 8.10. The molecule has 30 heavy (non-hydrogen) atoms. The van der Waals surface area contributed by atoms with Gasteiger partial charge in [-0.2, -0.15) is 5.10 Å². The molecule has 1 N–H and O–H groups in total. The van der Waals surface area contributed by atoms with Crippen LogP contribution in [0.1, 0.15) is 5.56 Å². The lowest BCUT2D eigenvalue weighted by molar-refractivity contribution is 0.976. The van der Waals surface area contributed by atoms with Gasteiger partial charge in [0.1, 0.15) is 10.7 Å². The molecule has 0 spiro atoms. The number of hydrazone groups is 1. The van der Waals surface area contributed by atoms with Crippen molar-refractivity contribution >= 4 is 50.9 Å². The van der Waals surface area contributed by atoms with Crippen molar-refractivity contribution in [2.45, 2.75) is 9.37 Å². The van der Waals surface area contributed by atoms with Gasteiger partial charge in [0.15, 0.2) is 4.34 Å². The first kappa shape index (κ1) is 18.5. The van der Waals surface area contributed by atoms with E-state index in [-0.39, 0.29) is 5.56 Å². The standard InChI is InChI=1S/C22H15N5OS2/c28-21-16(14-23-26-15-8-2-1-3-9-15)20(25-19-12-6-7-13-27(19)21)30-22-24-17-10-4-5-11-18(17)29-22/h1-14,26H. The Bertz CT molecular complexity index is 1390. The van der Waals surface area contributed by atoms with Crippen LogP contribution in [0.5, 0.6) is 0 Å². The Morgan fingerprint density at radius 1 is 0.967 bits per heavy atom. The molecule has 3 heterocycles. The minimum Gasteiger partial charge on any atom is -0.279 e. The van der Waals surface area contributed by atoms with Crippen LogP contribution >= 0.6 is 23.1 Å². The van der Waals surface area contributed by atoms with Gasteiger partial charge in [-0.25, -0.2) is 9.97 Å². The zero-order valence-corrected chi connectivity index (χ0v) is 17.2. The second-order valence-electron chi connectivity index (χ2n) is 6.35. The molecule has 0 bridgehead atoms. The fourth-order valence-corrected chi connectivity index (χ4v) is 5.00. The van der Waals surface area contributed by atoms with Crippen LogP contribution in [0, 0.1) is 0 Å². The van der Waals surface area contributed by atoms with E-state index in [2.05, 4.69) is 15.5 Å². The van der Waals surface area contributed by atoms with Crippen molar-refractivity contribution in [2.75, 3.05) is 5.43 Å². The van der Waals surface area contributed by atoms with Crippen LogP contribution in [0.3, 0.4) is 0 Å². The average molecular weight is 430 g/mol. The van der Waals surface area contributed by atoms with Crippen LogP contribution in [0.15, 0.2) is 98.3 Å². The lowest BCUT2D eigenvalue weighted by Crippen LogP contribution is -2.21. The maximum Gasteiger partial charge on any atom is 0.267 e. The Labute approximate surface area is 180 Å². The van der Waals surface area contributed by atoms with Crippen LogP contribution in [0.4, 0.5) is 5.69 Å². The molecule has 6 nitrogen and oxygen atoms in total. The number of hydrogen-bond donors (Lipinski definition) is 1. The number of aromatic nitrogens is 3. The highest BCUT2D eigenvalue weighted by atomic mass is 32.2. The summed E-state index contributed by atoms with van der Waals surface area (Å²) in [4.78, 5) is 22.5. The van der Waals surface area contributed by atoms with Gasteiger partial charge < -0.3 is 0 Å². The topological polar surface area (TPSA) is 71.7 Å². The molecule has 146 valence electrons. The molecule has 0 aliphatic rings. The summed E-state index contributed by atoms with van der Waals surface area (Å²) < 4.78 is 3.44. The van der Waals surface area contributed by atoms with Crippen molar-refractivity contribution in [1.29, 1.82) is 0 Å². The monoisotopic (exact) mass is 429 g/mol. The van der Waals surface area contributed by atoms with E-state index in [1.807, 2.05) is 66.7 Å². The first-order valence-electron chi connectivity index (χ1n) is 9.17. The number of thiazole rings is 1. The smallest absolute Gasteiger partial charge is 0.267 e. The zero-order chi connectivity index (χ0) is 20.3. The van der Waals surface area contributed by atoms with Crippen LogP contribution < -0.4 is 11.0 Å². The number of nitrogens with zero attached hydrogens (tertiary/aromatic N) is 4. The predicted octanol–water partition coefficient (Wildman–Crippen LogP) is 4.90. The highest BCUT2D eigenvalue weighted by molar-refractivity contribution is 8.01. The fraction of sp³-hybridized carbons (Fsp3) is 0. The maximum atomic E-state index is 13.1.